The molecule has 3 nitrogen and oxygen atoms in total. The van der Waals surface area contributed by atoms with E-state index < -0.39 is 0 Å². The lowest BCUT2D eigenvalue weighted by Crippen LogP contribution is -2.05. The molecule has 0 atom stereocenters. The van der Waals surface area contributed by atoms with Crippen molar-refractivity contribution in [3.63, 3.8) is 0 Å². The second kappa shape index (κ2) is 1.37. The Morgan fingerprint density at radius 1 is 1.71 bits per heavy atom. The maximum atomic E-state index is 3.94. The predicted octanol–water partition coefficient (Wildman–Crippen LogP) is -1.63. The van der Waals surface area contributed by atoms with Gasteiger partial charge in [-0.3, -0.25) is 5.10 Å². The average molecular weight is 94.9 g/mol. The highest BCUT2D eigenvalue weighted by molar-refractivity contribution is 6.28. The molecule has 0 aromatic carbocycles. The molecule has 1 rings (SSSR count). The Morgan fingerprint density at radius 3 is 2.57 bits per heavy atom. The second-order valence-electron chi connectivity index (χ2n) is 1.47. The van der Waals surface area contributed by atoms with Gasteiger partial charge in [-0.2, -0.15) is 5.10 Å². The molecule has 0 aliphatic carbocycles. The van der Waals surface area contributed by atoms with Crippen molar-refractivity contribution in [1.29, 1.82) is 0 Å². The summed E-state index contributed by atoms with van der Waals surface area (Å²) in [6.45, 7) is 1.85. The van der Waals surface area contributed by atoms with E-state index in [0.717, 1.165) is 11.5 Å². The fourth-order valence-electron chi connectivity index (χ4n) is 0.455. The topological polar surface area (TPSA) is 41.6 Å². The molecule has 1 heterocycles. The quantitative estimate of drug-likeness (QED) is 0.393. The van der Waals surface area contributed by atoms with E-state index in [9.17, 15) is 0 Å². The second-order valence-corrected chi connectivity index (χ2v) is 1.47. The molecule has 0 aliphatic rings. The van der Waals surface area contributed by atoms with Crippen molar-refractivity contribution >= 4 is 13.6 Å². The summed E-state index contributed by atoms with van der Waals surface area (Å²) >= 11 is 0. The van der Waals surface area contributed by atoms with Gasteiger partial charge in [0.2, 0.25) is 0 Å². The third kappa shape index (κ3) is 0.794. The monoisotopic (exact) mass is 95.1 g/mol. The van der Waals surface area contributed by atoms with Crippen LogP contribution in [0.25, 0.3) is 0 Å². The van der Waals surface area contributed by atoms with Gasteiger partial charge in [0.05, 0.1) is 5.72 Å². The van der Waals surface area contributed by atoms with Crippen LogP contribution in [0.2, 0.25) is 0 Å². The zero-order valence-electron chi connectivity index (χ0n) is 4.39. The summed E-state index contributed by atoms with van der Waals surface area (Å²) in [6.07, 6.45) is 0. The van der Waals surface area contributed by atoms with E-state index in [0.29, 0.717) is 0 Å². The minimum atomic E-state index is 0.803. The summed E-state index contributed by atoms with van der Waals surface area (Å²) in [5.74, 6) is 0.803. The highest BCUT2D eigenvalue weighted by atomic mass is 15.2. The molecule has 0 amide bonds. The molecular formula is C3H6BN3. The van der Waals surface area contributed by atoms with E-state index in [1.165, 1.54) is 0 Å². The van der Waals surface area contributed by atoms with Gasteiger partial charge in [0.15, 0.2) is 7.85 Å². The Bertz CT molecular complexity index is 142. The van der Waals surface area contributed by atoms with Crippen LogP contribution in [-0.4, -0.2) is 23.0 Å². The minimum Gasteiger partial charge on any atom is -0.273 e. The first-order valence-electron chi connectivity index (χ1n) is 2.14. The van der Waals surface area contributed by atoms with Crippen LogP contribution in [0.4, 0.5) is 0 Å². The first kappa shape index (κ1) is 4.37. The van der Waals surface area contributed by atoms with E-state index in [-0.39, 0.29) is 0 Å². The lowest BCUT2D eigenvalue weighted by atomic mass is 10.1. The fourth-order valence-corrected chi connectivity index (χ4v) is 0.455. The highest BCUT2D eigenvalue weighted by Gasteiger charge is 1.86. The normalized spacial score (nSPS) is 9.29. The Kier molecular flexibility index (Phi) is 0.853. The van der Waals surface area contributed by atoms with Gasteiger partial charge in [0.1, 0.15) is 5.82 Å². The first-order chi connectivity index (χ1) is 3.29. The van der Waals surface area contributed by atoms with Gasteiger partial charge >= 0.3 is 0 Å². The van der Waals surface area contributed by atoms with Gasteiger partial charge in [-0.05, 0) is 6.92 Å². The van der Waals surface area contributed by atoms with Gasteiger partial charge in [-0.15, -0.1) is 0 Å². The fraction of sp³-hybridized carbons (Fsp3) is 0.333. The van der Waals surface area contributed by atoms with Crippen LogP contribution in [0, 0.1) is 6.92 Å². The Balaban J connectivity index is 3.04. The summed E-state index contributed by atoms with van der Waals surface area (Å²) in [5.41, 5.74) is 0.873. The van der Waals surface area contributed by atoms with Crippen molar-refractivity contribution in [2.45, 2.75) is 6.92 Å². The molecule has 1 aromatic rings. The molecule has 1 aromatic heterocycles. The Morgan fingerprint density at radius 2 is 2.43 bits per heavy atom. The summed E-state index contributed by atoms with van der Waals surface area (Å²) < 4.78 is 0. The van der Waals surface area contributed by atoms with Crippen molar-refractivity contribution in [3.8, 4) is 0 Å². The van der Waals surface area contributed by atoms with E-state index in [1.54, 1.807) is 0 Å². The van der Waals surface area contributed by atoms with Crippen LogP contribution in [0.5, 0.6) is 0 Å². The van der Waals surface area contributed by atoms with Crippen LogP contribution < -0.4 is 5.72 Å². The lowest BCUT2D eigenvalue weighted by molar-refractivity contribution is 1.04. The molecule has 36 valence electrons. The molecule has 7 heavy (non-hydrogen) atoms. The van der Waals surface area contributed by atoms with Gasteiger partial charge in [-0.1, -0.05) is 0 Å². The van der Waals surface area contributed by atoms with E-state index in [1.807, 2.05) is 14.8 Å². The molecule has 0 bridgehead atoms. The maximum Gasteiger partial charge on any atom is 0.188 e. The molecule has 1 N–H and O–H groups in total. The number of hydrogen-bond donors (Lipinski definition) is 1. The number of H-pyrrole nitrogens is 1. The molecule has 0 fully saturated rings. The third-order valence-corrected chi connectivity index (χ3v) is 0.709. The molecule has 0 radical (unpaired) electrons. The van der Waals surface area contributed by atoms with Crippen molar-refractivity contribution in [1.82, 2.24) is 15.2 Å². The maximum absolute atomic E-state index is 3.94. The highest BCUT2D eigenvalue weighted by Crippen LogP contribution is 1.71. The summed E-state index contributed by atoms with van der Waals surface area (Å²) in [4.78, 5) is 3.94. The number of hydrogen-bond acceptors (Lipinski definition) is 2. The predicted molar refractivity (Wildman–Crippen MR) is 29.3 cm³/mol. The van der Waals surface area contributed by atoms with Crippen molar-refractivity contribution in [2.24, 2.45) is 0 Å². The Labute approximate surface area is 42.6 Å². The zero-order chi connectivity index (χ0) is 5.28. The molecular weight excluding hydrogens is 88.9 g/mol. The molecule has 4 heteroatoms. The van der Waals surface area contributed by atoms with Crippen LogP contribution in [0.15, 0.2) is 0 Å². The molecule has 0 aliphatic heterocycles. The van der Waals surface area contributed by atoms with Crippen LogP contribution in [0.3, 0.4) is 0 Å². The number of nitrogens with one attached hydrogen (secondary N) is 1. The van der Waals surface area contributed by atoms with Crippen LogP contribution in [0.1, 0.15) is 5.82 Å². The zero-order valence-corrected chi connectivity index (χ0v) is 4.39. The van der Waals surface area contributed by atoms with Gasteiger partial charge in [-0.25, -0.2) is 4.98 Å². The molecule has 0 spiro atoms. The molecule has 0 saturated carbocycles. The molecule has 0 saturated heterocycles. The molecule has 0 unspecified atom stereocenters. The number of aryl methyl sites for hydroxylation is 1. The lowest BCUT2D eigenvalue weighted by Gasteiger charge is -1.68. The largest absolute Gasteiger partial charge is 0.273 e. The summed E-state index contributed by atoms with van der Waals surface area (Å²) in [7, 11) is 1.88. The van der Waals surface area contributed by atoms with Crippen molar-refractivity contribution in [3.05, 3.63) is 5.82 Å². The number of aromatic nitrogens is 3. The van der Waals surface area contributed by atoms with Crippen molar-refractivity contribution in [2.75, 3.05) is 0 Å². The minimum absolute atomic E-state index is 0.803. The third-order valence-electron chi connectivity index (χ3n) is 0.709. The number of aromatic amines is 1. The van der Waals surface area contributed by atoms with Gasteiger partial charge in [0.25, 0.3) is 0 Å². The standard InChI is InChI=1S/C3H6BN3/c1-2-5-3(4)7-6-2/h4H2,1H3,(H,5,6,7). The number of nitrogens with zero attached hydrogens (tertiary/aromatic N) is 2. The Hall–Kier alpha value is -0.795. The van der Waals surface area contributed by atoms with Crippen LogP contribution >= 0.6 is 0 Å². The SMILES string of the molecule is Bc1nc(C)n[nH]1. The van der Waals surface area contributed by atoms with E-state index in [4.69, 9.17) is 0 Å². The van der Waals surface area contributed by atoms with Gasteiger partial charge < -0.3 is 0 Å². The van der Waals surface area contributed by atoms with Crippen LogP contribution in [-0.2, 0) is 0 Å². The van der Waals surface area contributed by atoms with E-state index in [2.05, 4.69) is 15.2 Å². The first-order valence-corrected chi connectivity index (χ1v) is 2.14. The summed E-state index contributed by atoms with van der Waals surface area (Å²) in [5, 5.41) is 6.49. The summed E-state index contributed by atoms with van der Waals surface area (Å²) in [6, 6.07) is 0. The number of rotatable bonds is 0. The van der Waals surface area contributed by atoms with E-state index >= 15 is 0 Å². The van der Waals surface area contributed by atoms with Gasteiger partial charge in [0, 0.05) is 0 Å². The smallest absolute Gasteiger partial charge is 0.188 e. The average Bonchev–Trinajstić information content (AvgIpc) is 1.87. The van der Waals surface area contributed by atoms with Crippen molar-refractivity contribution < 1.29 is 0 Å².